The van der Waals surface area contributed by atoms with Crippen LogP contribution in [0.15, 0.2) is 55.0 Å². The van der Waals surface area contributed by atoms with Crippen LogP contribution in [0.2, 0.25) is 0 Å². The zero-order chi connectivity index (χ0) is 18.5. The molecule has 8 nitrogen and oxygen atoms in total. The quantitative estimate of drug-likeness (QED) is 0.465. The lowest BCUT2D eigenvalue weighted by Crippen LogP contribution is -2.09. The first-order valence-electron chi connectivity index (χ1n) is 8.58. The Labute approximate surface area is 156 Å². The van der Waals surface area contributed by atoms with Crippen molar-refractivity contribution in [2.24, 2.45) is 0 Å². The van der Waals surface area contributed by atoms with Crippen LogP contribution in [0.3, 0.4) is 0 Å². The lowest BCUT2D eigenvalue weighted by Gasteiger charge is -2.10. The Morgan fingerprint density at radius 1 is 1.04 bits per heavy atom. The molecule has 27 heavy (non-hydrogen) atoms. The largest absolute Gasteiger partial charge is 0.497 e. The number of nitrogens with one attached hydrogen (secondary N) is 3. The van der Waals surface area contributed by atoms with Crippen LogP contribution in [0.25, 0.3) is 11.2 Å². The van der Waals surface area contributed by atoms with Crippen molar-refractivity contribution in [3.8, 4) is 5.75 Å². The molecule has 1 aromatic carbocycles. The standard InChI is InChI=1S/C19H19N7O/c1-27-15-7-5-14(6-8-15)24-19-25-17(16-18(26-19)23-12-22-16)21-11-9-13-4-2-3-10-20-13/h2-8,10,12H,9,11H2,1H3,(H3,21,22,23,24,25,26). The zero-order valence-electron chi connectivity index (χ0n) is 14.8. The third kappa shape index (κ3) is 3.95. The van der Waals surface area contributed by atoms with Crippen molar-refractivity contribution in [3.05, 3.63) is 60.7 Å². The summed E-state index contributed by atoms with van der Waals surface area (Å²) in [5.41, 5.74) is 3.26. The molecule has 0 spiro atoms. The van der Waals surface area contributed by atoms with Gasteiger partial charge in [0.15, 0.2) is 11.5 Å². The van der Waals surface area contributed by atoms with Crippen LogP contribution < -0.4 is 15.4 Å². The average Bonchev–Trinajstić information content (AvgIpc) is 3.18. The third-order valence-corrected chi connectivity index (χ3v) is 4.03. The van der Waals surface area contributed by atoms with Crippen LogP contribution in [0.4, 0.5) is 17.5 Å². The van der Waals surface area contributed by atoms with Gasteiger partial charge in [-0.2, -0.15) is 9.97 Å². The van der Waals surface area contributed by atoms with Crippen molar-refractivity contribution in [3.63, 3.8) is 0 Å². The molecule has 0 fully saturated rings. The molecule has 8 heteroatoms. The number of anilines is 3. The van der Waals surface area contributed by atoms with Crippen molar-refractivity contribution in [2.75, 3.05) is 24.3 Å². The van der Waals surface area contributed by atoms with Crippen LogP contribution >= 0.6 is 0 Å². The Morgan fingerprint density at radius 3 is 2.70 bits per heavy atom. The summed E-state index contributed by atoms with van der Waals surface area (Å²) in [5, 5.41) is 6.55. The van der Waals surface area contributed by atoms with Crippen molar-refractivity contribution >= 4 is 28.6 Å². The molecule has 4 rings (SSSR count). The molecule has 0 radical (unpaired) electrons. The summed E-state index contributed by atoms with van der Waals surface area (Å²) in [7, 11) is 1.64. The van der Waals surface area contributed by atoms with Crippen LogP contribution in [0.5, 0.6) is 5.75 Å². The predicted molar refractivity (Wildman–Crippen MR) is 104 cm³/mol. The molecule has 0 aliphatic heterocycles. The van der Waals surface area contributed by atoms with Gasteiger partial charge in [0, 0.05) is 30.5 Å². The Kier molecular flexibility index (Phi) is 4.78. The monoisotopic (exact) mass is 361 g/mol. The smallest absolute Gasteiger partial charge is 0.231 e. The van der Waals surface area contributed by atoms with Gasteiger partial charge in [-0.3, -0.25) is 4.98 Å². The molecule has 0 atom stereocenters. The first-order chi connectivity index (χ1) is 13.3. The molecule has 0 aliphatic carbocycles. The number of H-pyrrole nitrogens is 1. The molecule has 0 aliphatic rings. The first kappa shape index (κ1) is 16.8. The highest BCUT2D eigenvalue weighted by molar-refractivity contribution is 5.84. The Morgan fingerprint density at radius 2 is 1.93 bits per heavy atom. The highest BCUT2D eigenvalue weighted by Gasteiger charge is 2.10. The maximum absolute atomic E-state index is 5.18. The second kappa shape index (κ2) is 7.69. The highest BCUT2D eigenvalue weighted by atomic mass is 16.5. The van der Waals surface area contributed by atoms with Gasteiger partial charge in [-0.15, -0.1) is 0 Å². The van der Waals surface area contributed by atoms with Gasteiger partial charge in [0.25, 0.3) is 0 Å². The fourth-order valence-electron chi connectivity index (χ4n) is 2.68. The molecule has 136 valence electrons. The molecule has 0 saturated carbocycles. The summed E-state index contributed by atoms with van der Waals surface area (Å²) in [6, 6.07) is 13.5. The predicted octanol–water partition coefficient (Wildman–Crippen LogP) is 3.15. The Balaban J connectivity index is 1.52. The number of nitrogens with zero attached hydrogens (tertiary/aromatic N) is 4. The molecule has 0 saturated heterocycles. The fraction of sp³-hybridized carbons (Fsp3) is 0.158. The van der Waals surface area contributed by atoms with E-state index >= 15 is 0 Å². The Hall–Kier alpha value is -3.68. The molecule has 3 heterocycles. The summed E-state index contributed by atoms with van der Waals surface area (Å²) in [4.78, 5) is 20.7. The van der Waals surface area contributed by atoms with Gasteiger partial charge in [-0.05, 0) is 36.4 Å². The minimum Gasteiger partial charge on any atom is -0.497 e. The molecule has 3 aromatic heterocycles. The number of methoxy groups -OCH3 is 1. The van der Waals surface area contributed by atoms with E-state index in [9.17, 15) is 0 Å². The second-order valence-electron chi connectivity index (χ2n) is 5.85. The van der Waals surface area contributed by atoms with Crippen molar-refractivity contribution < 1.29 is 4.74 Å². The first-order valence-corrected chi connectivity index (χ1v) is 8.58. The number of hydrogen-bond donors (Lipinski definition) is 3. The number of rotatable bonds is 7. The van der Waals surface area contributed by atoms with Gasteiger partial charge in [0.1, 0.15) is 11.3 Å². The van der Waals surface area contributed by atoms with Gasteiger partial charge in [-0.25, -0.2) is 4.98 Å². The summed E-state index contributed by atoms with van der Waals surface area (Å²) in [6.45, 7) is 0.699. The van der Waals surface area contributed by atoms with Crippen molar-refractivity contribution in [1.82, 2.24) is 24.9 Å². The van der Waals surface area contributed by atoms with E-state index in [2.05, 4.69) is 35.6 Å². The highest BCUT2D eigenvalue weighted by Crippen LogP contribution is 2.22. The minimum atomic E-state index is 0.472. The molecular formula is C19H19N7O. The number of aromatic amines is 1. The van der Waals surface area contributed by atoms with E-state index in [0.29, 0.717) is 24.0 Å². The summed E-state index contributed by atoms with van der Waals surface area (Å²) >= 11 is 0. The molecule has 3 N–H and O–H groups in total. The lowest BCUT2D eigenvalue weighted by molar-refractivity contribution is 0.415. The van der Waals surface area contributed by atoms with Crippen LogP contribution in [0, 0.1) is 0 Å². The van der Waals surface area contributed by atoms with Gasteiger partial charge >= 0.3 is 0 Å². The third-order valence-electron chi connectivity index (χ3n) is 4.03. The number of aromatic nitrogens is 5. The average molecular weight is 361 g/mol. The van der Waals surface area contributed by atoms with E-state index in [0.717, 1.165) is 29.1 Å². The number of pyridine rings is 1. The van der Waals surface area contributed by atoms with E-state index in [1.54, 1.807) is 19.6 Å². The molecule has 0 bridgehead atoms. The fourth-order valence-corrected chi connectivity index (χ4v) is 2.68. The molecule has 0 unspecified atom stereocenters. The summed E-state index contributed by atoms with van der Waals surface area (Å²) < 4.78 is 5.18. The number of benzene rings is 1. The molecule has 0 amide bonds. The zero-order valence-corrected chi connectivity index (χ0v) is 14.8. The van der Waals surface area contributed by atoms with E-state index in [1.807, 2.05) is 42.5 Å². The normalized spacial score (nSPS) is 10.7. The van der Waals surface area contributed by atoms with Crippen molar-refractivity contribution in [1.29, 1.82) is 0 Å². The van der Waals surface area contributed by atoms with Crippen molar-refractivity contribution in [2.45, 2.75) is 6.42 Å². The number of fused-ring (bicyclic) bond motifs is 1. The minimum absolute atomic E-state index is 0.472. The molecule has 4 aromatic rings. The SMILES string of the molecule is COc1ccc(Nc2nc(NCCc3ccccn3)c3[nH]cnc3n2)cc1. The van der Waals surface area contributed by atoms with Gasteiger partial charge in [-0.1, -0.05) is 6.07 Å². The molecular weight excluding hydrogens is 342 g/mol. The van der Waals surface area contributed by atoms with Gasteiger partial charge in [0.2, 0.25) is 5.95 Å². The maximum atomic E-state index is 5.18. The van der Waals surface area contributed by atoms with Gasteiger partial charge in [0.05, 0.1) is 13.4 Å². The Bertz CT molecular complexity index is 1020. The van der Waals surface area contributed by atoms with Crippen LogP contribution in [0.1, 0.15) is 5.69 Å². The maximum Gasteiger partial charge on any atom is 0.231 e. The topological polar surface area (TPSA) is 101 Å². The number of hydrogen-bond acceptors (Lipinski definition) is 7. The van der Waals surface area contributed by atoms with E-state index < -0.39 is 0 Å². The van der Waals surface area contributed by atoms with Crippen LogP contribution in [-0.4, -0.2) is 38.6 Å². The summed E-state index contributed by atoms with van der Waals surface area (Å²) in [5.74, 6) is 1.96. The number of imidazole rings is 1. The van der Waals surface area contributed by atoms with Gasteiger partial charge < -0.3 is 20.4 Å². The van der Waals surface area contributed by atoms with E-state index in [1.165, 1.54) is 0 Å². The van der Waals surface area contributed by atoms with Crippen LogP contribution in [-0.2, 0) is 6.42 Å². The number of ether oxygens (including phenoxy) is 1. The van der Waals surface area contributed by atoms with E-state index in [4.69, 9.17) is 4.74 Å². The lowest BCUT2D eigenvalue weighted by atomic mass is 10.3. The second-order valence-corrected chi connectivity index (χ2v) is 5.85. The van der Waals surface area contributed by atoms with E-state index in [-0.39, 0.29) is 0 Å². The summed E-state index contributed by atoms with van der Waals surface area (Å²) in [6.07, 6.45) is 4.20.